The van der Waals surface area contributed by atoms with E-state index in [9.17, 15) is 0 Å². The number of hydrogen-bond acceptors (Lipinski definition) is 5. The van der Waals surface area contributed by atoms with Crippen LogP contribution in [0.4, 0.5) is 0 Å². The van der Waals surface area contributed by atoms with Gasteiger partial charge < -0.3 is 20.7 Å². The van der Waals surface area contributed by atoms with E-state index in [0.717, 1.165) is 0 Å². The van der Waals surface area contributed by atoms with Crippen LogP contribution in [-0.4, -0.2) is 46.4 Å². The second kappa shape index (κ2) is 2.96. The molecule has 0 spiro atoms. The summed E-state index contributed by atoms with van der Waals surface area (Å²) in [6, 6.07) is -0.556. The molecule has 4 N–H and O–H groups in total. The molecule has 1 aliphatic heterocycles. The number of rotatable bonds is 1. The van der Waals surface area contributed by atoms with Gasteiger partial charge in [0, 0.05) is 0 Å². The van der Waals surface area contributed by atoms with Gasteiger partial charge in [-0.1, -0.05) is 0 Å². The monoisotopic (exact) mass is 146 g/mol. The fourth-order valence-electron chi connectivity index (χ4n) is 0.767. The lowest BCUT2D eigenvalue weighted by molar-refractivity contribution is 0.0107. The zero-order chi connectivity index (χ0) is 7.56. The van der Waals surface area contributed by atoms with Crippen LogP contribution in [0.5, 0.6) is 0 Å². The SMILES string of the molecule is OCC1NN=CC(O)C1O. The molecule has 0 aromatic carbocycles. The zero-order valence-electron chi connectivity index (χ0n) is 5.31. The first-order valence-electron chi connectivity index (χ1n) is 3.01. The van der Waals surface area contributed by atoms with Gasteiger partial charge in [0.15, 0.2) is 0 Å². The second-order valence-corrected chi connectivity index (χ2v) is 2.18. The van der Waals surface area contributed by atoms with Gasteiger partial charge in [-0.25, -0.2) is 0 Å². The van der Waals surface area contributed by atoms with Gasteiger partial charge in [-0.2, -0.15) is 5.10 Å². The van der Waals surface area contributed by atoms with Gasteiger partial charge >= 0.3 is 0 Å². The molecule has 5 nitrogen and oxygen atoms in total. The first-order valence-corrected chi connectivity index (χ1v) is 3.01. The molecule has 3 atom stereocenters. The number of hydrazone groups is 1. The van der Waals surface area contributed by atoms with E-state index in [1.807, 2.05) is 0 Å². The molecule has 0 aromatic heterocycles. The third-order valence-corrected chi connectivity index (χ3v) is 1.43. The van der Waals surface area contributed by atoms with Crippen LogP contribution in [0, 0.1) is 0 Å². The van der Waals surface area contributed by atoms with Crippen LogP contribution in [0.1, 0.15) is 0 Å². The van der Waals surface area contributed by atoms with Gasteiger partial charge in [-0.3, -0.25) is 0 Å². The molecule has 0 saturated carbocycles. The first kappa shape index (κ1) is 7.46. The molecule has 0 fully saturated rings. The summed E-state index contributed by atoms with van der Waals surface area (Å²) in [7, 11) is 0. The number of aliphatic hydroxyl groups is 3. The molecular weight excluding hydrogens is 136 g/mol. The number of hydrogen-bond donors (Lipinski definition) is 4. The molecule has 10 heavy (non-hydrogen) atoms. The maximum atomic E-state index is 9.07. The Bertz CT molecular complexity index is 139. The van der Waals surface area contributed by atoms with Crippen molar-refractivity contribution >= 4 is 6.21 Å². The number of nitrogens with zero attached hydrogens (tertiary/aromatic N) is 1. The molecule has 0 saturated heterocycles. The summed E-state index contributed by atoms with van der Waals surface area (Å²) in [6.45, 7) is -0.241. The summed E-state index contributed by atoms with van der Waals surface area (Å²) in [6.07, 6.45) is -0.752. The highest BCUT2D eigenvalue weighted by atomic mass is 16.3. The lowest BCUT2D eigenvalue weighted by atomic mass is 10.1. The highest BCUT2D eigenvalue weighted by Gasteiger charge is 2.27. The summed E-state index contributed by atoms with van der Waals surface area (Å²) in [5.41, 5.74) is 2.46. The minimum Gasteiger partial charge on any atom is -0.394 e. The molecule has 1 heterocycles. The molecule has 0 bridgehead atoms. The van der Waals surface area contributed by atoms with Crippen LogP contribution in [-0.2, 0) is 0 Å². The Kier molecular flexibility index (Phi) is 2.21. The summed E-state index contributed by atoms with van der Waals surface area (Å²) >= 11 is 0. The quantitative estimate of drug-likeness (QED) is 0.334. The summed E-state index contributed by atoms with van der Waals surface area (Å²) < 4.78 is 0. The second-order valence-electron chi connectivity index (χ2n) is 2.18. The van der Waals surface area contributed by atoms with Crippen molar-refractivity contribution < 1.29 is 15.3 Å². The zero-order valence-corrected chi connectivity index (χ0v) is 5.31. The molecule has 5 heteroatoms. The van der Waals surface area contributed by atoms with Gasteiger partial charge in [0.05, 0.1) is 18.9 Å². The van der Waals surface area contributed by atoms with Crippen LogP contribution in [0.25, 0.3) is 0 Å². The minimum absolute atomic E-state index is 0.241. The summed E-state index contributed by atoms with van der Waals surface area (Å²) in [5, 5.41) is 30.1. The van der Waals surface area contributed by atoms with Gasteiger partial charge in [-0.15, -0.1) is 0 Å². The van der Waals surface area contributed by atoms with Crippen LogP contribution >= 0.6 is 0 Å². The fourth-order valence-corrected chi connectivity index (χ4v) is 0.767. The van der Waals surface area contributed by atoms with Crippen LogP contribution < -0.4 is 5.43 Å². The maximum absolute atomic E-state index is 9.07. The molecule has 0 radical (unpaired) electrons. The van der Waals surface area contributed by atoms with Gasteiger partial charge in [0.1, 0.15) is 12.2 Å². The van der Waals surface area contributed by atoms with E-state index in [1.54, 1.807) is 0 Å². The van der Waals surface area contributed by atoms with Crippen molar-refractivity contribution in [3.05, 3.63) is 0 Å². The van der Waals surface area contributed by atoms with E-state index < -0.39 is 18.2 Å². The highest BCUT2D eigenvalue weighted by Crippen LogP contribution is 2.01. The molecule has 58 valence electrons. The largest absolute Gasteiger partial charge is 0.394 e. The molecule has 3 unspecified atom stereocenters. The van der Waals surface area contributed by atoms with Crippen molar-refractivity contribution in [1.82, 2.24) is 5.43 Å². The topological polar surface area (TPSA) is 85.1 Å². The Morgan fingerprint density at radius 1 is 1.50 bits per heavy atom. The Morgan fingerprint density at radius 2 is 2.20 bits per heavy atom. The first-order chi connectivity index (χ1) is 4.75. The van der Waals surface area contributed by atoms with Gasteiger partial charge in [-0.05, 0) is 0 Å². The average molecular weight is 146 g/mol. The van der Waals surface area contributed by atoms with Crippen molar-refractivity contribution in [1.29, 1.82) is 0 Å². The summed E-state index contributed by atoms with van der Waals surface area (Å²) in [4.78, 5) is 0. The minimum atomic E-state index is -0.974. The summed E-state index contributed by atoms with van der Waals surface area (Å²) in [5.74, 6) is 0. The number of aliphatic hydroxyl groups excluding tert-OH is 3. The van der Waals surface area contributed by atoms with E-state index in [4.69, 9.17) is 15.3 Å². The molecule has 0 amide bonds. The van der Waals surface area contributed by atoms with Gasteiger partial charge in [0.2, 0.25) is 0 Å². The lowest BCUT2D eigenvalue weighted by Crippen LogP contribution is -2.50. The van der Waals surface area contributed by atoms with E-state index in [1.165, 1.54) is 6.21 Å². The van der Waals surface area contributed by atoms with E-state index in [0.29, 0.717) is 0 Å². The third-order valence-electron chi connectivity index (χ3n) is 1.43. The molecule has 0 aliphatic carbocycles. The molecule has 1 rings (SSSR count). The standard InChI is InChI=1S/C5H10N2O3/c8-2-3-5(10)4(9)1-6-7-3/h1,3-5,7-10H,2H2. The van der Waals surface area contributed by atoms with Crippen LogP contribution in [0.15, 0.2) is 5.10 Å². The van der Waals surface area contributed by atoms with Gasteiger partial charge in [0.25, 0.3) is 0 Å². The Hall–Kier alpha value is -0.650. The predicted molar refractivity (Wildman–Crippen MR) is 34.5 cm³/mol. The Labute approximate surface area is 58.0 Å². The normalized spacial score (nSPS) is 39.3. The number of nitrogens with one attached hydrogen (secondary N) is 1. The van der Waals surface area contributed by atoms with Crippen molar-refractivity contribution in [3.63, 3.8) is 0 Å². The average Bonchev–Trinajstić information content (AvgIpc) is 1.95. The van der Waals surface area contributed by atoms with E-state index in [-0.39, 0.29) is 6.61 Å². The molecule has 0 aromatic rings. The Balaban J connectivity index is 2.56. The van der Waals surface area contributed by atoms with Crippen molar-refractivity contribution in [2.24, 2.45) is 5.10 Å². The smallest absolute Gasteiger partial charge is 0.119 e. The van der Waals surface area contributed by atoms with Crippen LogP contribution in [0.3, 0.4) is 0 Å². The lowest BCUT2D eigenvalue weighted by Gasteiger charge is -2.26. The third kappa shape index (κ3) is 1.26. The van der Waals surface area contributed by atoms with E-state index in [2.05, 4.69) is 10.5 Å². The fraction of sp³-hybridized carbons (Fsp3) is 0.800. The molecule has 1 aliphatic rings. The van der Waals surface area contributed by atoms with E-state index >= 15 is 0 Å². The highest BCUT2D eigenvalue weighted by molar-refractivity contribution is 5.64. The Morgan fingerprint density at radius 3 is 2.70 bits per heavy atom. The van der Waals surface area contributed by atoms with Crippen molar-refractivity contribution in [2.75, 3.05) is 6.61 Å². The predicted octanol–water partition coefficient (Wildman–Crippen LogP) is -2.34. The van der Waals surface area contributed by atoms with Crippen LogP contribution in [0.2, 0.25) is 0 Å². The maximum Gasteiger partial charge on any atom is 0.119 e. The molecular formula is C5H10N2O3. The van der Waals surface area contributed by atoms with Crippen molar-refractivity contribution in [2.45, 2.75) is 18.2 Å². The van der Waals surface area contributed by atoms with Crippen molar-refractivity contribution in [3.8, 4) is 0 Å².